The van der Waals surface area contributed by atoms with E-state index in [0.29, 0.717) is 34.5 Å². The molecule has 1 aliphatic rings. The van der Waals surface area contributed by atoms with Crippen LogP contribution in [0.1, 0.15) is 11.4 Å². The third-order valence-corrected chi connectivity index (χ3v) is 4.19. The third kappa shape index (κ3) is 2.14. The van der Waals surface area contributed by atoms with Crippen molar-refractivity contribution in [2.24, 2.45) is 0 Å². The highest BCUT2D eigenvalue weighted by Gasteiger charge is 2.23. The lowest BCUT2D eigenvalue weighted by Gasteiger charge is -2.03. The van der Waals surface area contributed by atoms with E-state index in [0.717, 1.165) is 11.3 Å². The van der Waals surface area contributed by atoms with E-state index in [1.54, 1.807) is 16.6 Å². The van der Waals surface area contributed by atoms with Gasteiger partial charge in [-0.25, -0.2) is 4.39 Å². The predicted octanol–water partition coefficient (Wildman–Crippen LogP) is 1.74. The average Bonchev–Trinajstić information content (AvgIpc) is 3.20. The summed E-state index contributed by atoms with van der Waals surface area (Å²) in [6.45, 7) is 0.225. The molecule has 1 aliphatic heterocycles. The van der Waals surface area contributed by atoms with Gasteiger partial charge in [-0.05, 0) is 29.8 Å². The molecule has 0 amide bonds. The number of benzene rings is 2. The fourth-order valence-corrected chi connectivity index (χ4v) is 3.08. The van der Waals surface area contributed by atoms with Gasteiger partial charge < -0.3 is 15.2 Å². The SMILES string of the molecule is Nc1nc2c3c(F)cccc3nc(Cc3ccc4c(c3)OCO4)[n+]2[nH]1. The molecule has 0 bridgehead atoms. The van der Waals surface area contributed by atoms with Crippen LogP contribution in [0.2, 0.25) is 0 Å². The topological polar surface area (TPSA) is 90.2 Å². The van der Waals surface area contributed by atoms with Crippen molar-refractivity contribution in [3.8, 4) is 11.5 Å². The molecule has 0 saturated heterocycles. The van der Waals surface area contributed by atoms with Crippen molar-refractivity contribution in [1.29, 1.82) is 0 Å². The molecule has 4 aromatic rings. The number of hydrogen-bond acceptors (Lipinski definition) is 5. The van der Waals surface area contributed by atoms with E-state index in [2.05, 4.69) is 15.1 Å². The van der Waals surface area contributed by atoms with Gasteiger partial charge in [-0.2, -0.15) is 5.10 Å². The molecular formula is C17H13FN5O2+. The lowest BCUT2D eigenvalue weighted by molar-refractivity contribution is -0.587. The zero-order chi connectivity index (χ0) is 17.0. The molecule has 0 atom stereocenters. The number of aromatic amines is 1. The second-order valence-corrected chi connectivity index (χ2v) is 5.79. The number of anilines is 1. The van der Waals surface area contributed by atoms with Crippen molar-refractivity contribution in [3.05, 3.63) is 53.6 Å². The predicted molar refractivity (Wildman–Crippen MR) is 86.8 cm³/mol. The molecule has 7 nitrogen and oxygen atoms in total. The van der Waals surface area contributed by atoms with Crippen molar-refractivity contribution in [2.75, 3.05) is 12.5 Å². The van der Waals surface area contributed by atoms with Gasteiger partial charge in [0.1, 0.15) is 11.2 Å². The van der Waals surface area contributed by atoms with Gasteiger partial charge in [-0.1, -0.05) is 17.1 Å². The summed E-state index contributed by atoms with van der Waals surface area (Å²) < 4.78 is 26.6. The van der Waals surface area contributed by atoms with E-state index < -0.39 is 0 Å². The number of hydrogen-bond donors (Lipinski definition) is 2. The monoisotopic (exact) mass is 338 g/mol. The van der Waals surface area contributed by atoms with E-state index in [1.165, 1.54) is 6.07 Å². The summed E-state index contributed by atoms with van der Waals surface area (Å²) in [6.07, 6.45) is 0.492. The molecule has 0 spiro atoms. The second-order valence-electron chi connectivity index (χ2n) is 5.79. The van der Waals surface area contributed by atoms with Crippen LogP contribution >= 0.6 is 0 Å². The highest BCUT2D eigenvalue weighted by atomic mass is 19.1. The number of nitrogens with one attached hydrogen (secondary N) is 1. The van der Waals surface area contributed by atoms with Crippen molar-refractivity contribution in [1.82, 2.24) is 15.1 Å². The number of aromatic nitrogens is 4. The van der Waals surface area contributed by atoms with Crippen LogP contribution in [0.25, 0.3) is 16.6 Å². The van der Waals surface area contributed by atoms with Crippen LogP contribution in [0.4, 0.5) is 10.3 Å². The zero-order valence-electron chi connectivity index (χ0n) is 13.0. The molecule has 5 rings (SSSR count). The molecule has 3 N–H and O–H groups in total. The van der Waals surface area contributed by atoms with Crippen LogP contribution in [-0.2, 0) is 6.42 Å². The molecule has 8 heteroatoms. The Morgan fingerprint density at radius 3 is 2.96 bits per heavy atom. The zero-order valence-corrected chi connectivity index (χ0v) is 13.0. The molecule has 25 heavy (non-hydrogen) atoms. The van der Waals surface area contributed by atoms with Gasteiger partial charge in [-0.15, -0.1) is 9.50 Å². The first kappa shape index (κ1) is 14.0. The first-order chi connectivity index (χ1) is 12.2. The molecule has 124 valence electrons. The van der Waals surface area contributed by atoms with Gasteiger partial charge in [0.25, 0.3) is 5.82 Å². The summed E-state index contributed by atoms with van der Waals surface area (Å²) in [5.74, 6) is 1.90. The molecule has 2 aromatic carbocycles. The van der Waals surface area contributed by atoms with E-state index in [9.17, 15) is 4.39 Å². The van der Waals surface area contributed by atoms with Crippen molar-refractivity contribution < 1.29 is 18.4 Å². The van der Waals surface area contributed by atoms with Gasteiger partial charge in [-0.3, -0.25) is 0 Å². The lowest BCUT2D eigenvalue weighted by Crippen LogP contribution is -2.31. The Morgan fingerprint density at radius 1 is 1.16 bits per heavy atom. The average molecular weight is 338 g/mol. The normalized spacial score (nSPS) is 13.0. The first-order valence-corrected chi connectivity index (χ1v) is 7.72. The summed E-state index contributed by atoms with van der Waals surface area (Å²) in [5, 5.41) is 3.26. The Morgan fingerprint density at radius 2 is 2.04 bits per heavy atom. The summed E-state index contributed by atoms with van der Waals surface area (Å²) in [4.78, 5) is 8.81. The van der Waals surface area contributed by atoms with Gasteiger partial charge in [0, 0.05) is 0 Å². The van der Waals surface area contributed by atoms with Crippen LogP contribution in [0, 0.1) is 5.82 Å². The number of fused-ring (bicyclic) bond motifs is 4. The van der Waals surface area contributed by atoms with Gasteiger partial charge in [0.05, 0.1) is 6.42 Å². The highest BCUT2D eigenvalue weighted by Crippen LogP contribution is 2.33. The van der Waals surface area contributed by atoms with E-state index in [4.69, 9.17) is 15.2 Å². The number of nitrogens with two attached hydrogens (primary N) is 1. The third-order valence-electron chi connectivity index (χ3n) is 4.19. The van der Waals surface area contributed by atoms with Crippen LogP contribution in [-0.4, -0.2) is 21.9 Å². The lowest BCUT2D eigenvalue weighted by atomic mass is 10.1. The highest BCUT2D eigenvalue weighted by molar-refractivity contribution is 5.89. The van der Waals surface area contributed by atoms with Crippen LogP contribution < -0.4 is 19.7 Å². The van der Waals surface area contributed by atoms with Gasteiger partial charge in [0.2, 0.25) is 6.79 Å². The van der Waals surface area contributed by atoms with Crippen LogP contribution in [0.3, 0.4) is 0 Å². The molecule has 0 aliphatic carbocycles. The number of nitrogen functional groups attached to an aromatic ring is 1. The quantitative estimate of drug-likeness (QED) is 0.543. The van der Waals surface area contributed by atoms with Crippen molar-refractivity contribution >= 4 is 22.5 Å². The van der Waals surface area contributed by atoms with Crippen molar-refractivity contribution in [2.45, 2.75) is 6.42 Å². The van der Waals surface area contributed by atoms with Crippen molar-refractivity contribution in [3.63, 3.8) is 0 Å². The summed E-state index contributed by atoms with van der Waals surface area (Å²) in [7, 11) is 0. The largest absolute Gasteiger partial charge is 0.454 e. The molecule has 0 fully saturated rings. The number of nitrogens with zero attached hydrogens (tertiary/aromatic N) is 3. The fourth-order valence-electron chi connectivity index (χ4n) is 3.08. The Balaban J connectivity index is 1.69. The maximum atomic E-state index is 14.3. The van der Waals surface area contributed by atoms with Crippen LogP contribution in [0.15, 0.2) is 36.4 Å². The van der Waals surface area contributed by atoms with E-state index in [-0.39, 0.29) is 18.6 Å². The Hall–Kier alpha value is -3.42. The molecule has 3 heterocycles. The standard InChI is InChI=1S/C17H12FN5O2/c18-10-2-1-3-11-15(10)16-21-17(19)22-23(16)14(20-11)7-9-4-5-12-13(6-9)25-8-24-12/h1-6H,7-8H2,(H2,19,22)/p+1. The Bertz CT molecular complexity index is 1140. The molecule has 2 aromatic heterocycles. The smallest absolute Gasteiger partial charge is 0.303 e. The summed E-state index contributed by atoms with van der Waals surface area (Å²) in [6, 6.07) is 10.5. The number of halogens is 1. The van der Waals surface area contributed by atoms with Crippen LogP contribution in [0.5, 0.6) is 11.5 Å². The Labute approximate surface area is 140 Å². The van der Waals surface area contributed by atoms with E-state index in [1.807, 2.05) is 18.2 Å². The fraction of sp³-hybridized carbons (Fsp3) is 0.118. The number of ether oxygens (including phenoxy) is 2. The minimum Gasteiger partial charge on any atom is -0.454 e. The van der Waals surface area contributed by atoms with E-state index >= 15 is 0 Å². The minimum absolute atomic E-state index is 0.199. The Kier molecular flexibility index (Phi) is 2.81. The summed E-state index contributed by atoms with van der Waals surface area (Å²) >= 11 is 0. The van der Waals surface area contributed by atoms with Gasteiger partial charge >= 0.3 is 11.6 Å². The molecule has 0 saturated carbocycles. The number of H-pyrrole nitrogens is 1. The number of rotatable bonds is 2. The van der Waals surface area contributed by atoms with Gasteiger partial charge in [0.15, 0.2) is 17.0 Å². The molecule has 0 unspecified atom stereocenters. The maximum absolute atomic E-state index is 14.3. The first-order valence-electron chi connectivity index (χ1n) is 7.72. The second kappa shape index (κ2) is 5.04. The molecular weight excluding hydrogens is 325 g/mol. The summed E-state index contributed by atoms with van der Waals surface area (Å²) in [5.41, 5.74) is 7.72. The molecule has 0 radical (unpaired) electrons. The maximum Gasteiger partial charge on any atom is 0.303 e. The minimum atomic E-state index is -0.386.